The third kappa shape index (κ3) is 5.05. The van der Waals surface area contributed by atoms with Gasteiger partial charge in [0.05, 0.1) is 26.7 Å². The summed E-state index contributed by atoms with van der Waals surface area (Å²) in [6, 6.07) is 13.4. The van der Waals surface area contributed by atoms with Crippen molar-refractivity contribution >= 4 is 31.6 Å². The third-order valence-corrected chi connectivity index (χ3v) is 8.67. The maximum atomic E-state index is 13.1. The minimum Gasteiger partial charge on any atom is -0.364 e. The Kier molecular flexibility index (Phi) is 6.47. The van der Waals surface area contributed by atoms with Crippen molar-refractivity contribution in [3.8, 4) is 16.9 Å². The number of anilines is 1. The van der Waals surface area contributed by atoms with Gasteiger partial charge in [-0.1, -0.05) is 12.1 Å². The Hall–Kier alpha value is -4.21. The highest BCUT2D eigenvalue weighted by Crippen LogP contribution is 2.39. The first kappa shape index (κ1) is 27.4. The number of halogens is 3. The lowest BCUT2D eigenvalue weighted by Crippen LogP contribution is -2.16. The second-order valence-corrected chi connectivity index (χ2v) is 12.2. The maximum absolute atomic E-state index is 13.1. The zero-order valence-corrected chi connectivity index (χ0v) is 21.9. The molecule has 0 atom stereocenters. The molecule has 4 aromatic rings. The molecule has 1 heterocycles. The first-order valence-electron chi connectivity index (χ1n) is 11.5. The minimum absolute atomic E-state index is 0.00822. The molecule has 1 aromatic heterocycles. The van der Waals surface area contributed by atoms with Crippen molar-refractivity contribution < 1.29 is 34.8 Å². The van der Waals surface area contributed by atoms with Crippen LogP contribution in [0.3, 0.4) is 0 Å². The average molecular weight is 592 g/mol. The summed E-state index contributed by atoms with van der Waals surface area (Å²) in [6.07, 6.45) is -3.86. The number of nitrogens with two attached hydrogens (primary N) is 2. The van der Waals surface area contributed by atoms with Gasteiger partial charge in [0, 0.05) is 16.8 Å². The lowest BCUT2D eigenvalue weighted by molar-refractivity contribution is -0.137. The standard InChI is InChI=1S/C25H20F3N5O5S2/c26-25(27,28)15-2-1-3-19(12-15)40(37,38)32-16-6-4-14-5-11-20-22(24(29)34)31-33(23(20)21(14)13-16)17-7-9-18(10-8-17)39(30,35)36/h1-4,6-10,12-13,32H,5,11H2,(H2,29,34)(H2,30,35,36). The molecule has 0 radical (unpaired) electrons. The van der Waals surface area contributed by atoms with Crippen LogP contribution in [0.1, 0.15) is 27.2 Å². The molecular weight excluding hydrogens is 571 g/mol. The van der Waals surface area contributed by atoms with Gasteiger partial charge in [-0.25, -0.2) is 26.7 Å². The van der Waals surface area contributed by atoms with Crippen molar-refractivity contribution in [1.82, 2.24) is 9.78 Å². The molecule has 3 aromatic carbocycles. The van der Waals surface area contributed by atoms with E-state index in [-0.39, 0.29) is 16.3 Å². The molecule has 1 aliphatic carbocycles. The SMILES string of the molecule is NC(=O)c1nn(-c2ccc(S(N)(=O)=O)cc2)c2c1CCc1ccc(NS(=O)(=O)c3cccc(C(F)(F)F)c3)cc1-2. The molecule has 15 heteroatoms. The van der Waals surface area contributed by atoms with Gasteiger partial charge < -0.3 is 5.73 Å². The number of alkyl halides is 3. The number of rotatable bonds is 6. The number of primary sulfonamides is 1. The summed E-state index contributed by atoms with van der Waals surface area (Å²) in [6.45, 7) is 0. The van der Waals surface area contributed by atoms with Gasteiger partial charge in [0.25, 0.3) is 15.9 Å². The van der Waals surface area contributed by atoms with E-state index in [9.17, 15) is 34.8 Å². The third-order valence-electron chi connectivity index (χ3n) is 6.36. The molecule has 0 saturated carbocycles. The van der Waals surface area contributed by atoms with Crippen molar-refractivity contribution in [2.75, 3.05) is 4.72 Å². The van der Waals surface area contributed by atoms with Gasteiger partial charge in [-0.05, 0) is 73.0 Å². The predicted molar refractivity (Wildman–Crippen MR) is 139 cm³/mol. The number of nitrogens with zero attached hydrogens (tertiary/aromatic N) is 2. The van der Waals surface area contributed by atoms with E-state index in [0.717, 1.165) is 23.8 Å². The molecular formula is C25H20F3N5O5S2. The molecule has 0 bridgehead atoms. The highest BCUT2D eigenvalue weighted by Gasteiger charge is 2.32. The van der Waals surface area contributed by atoms with Crippen LogP contribution in [0.2, 0.25) is 0 Å². The highest BCUT2D eigenvalue weighted by atomic mass is 32.2. The number of aryl methyl sites for hydroxylation is 1. The molecule has 5 rings (SSSR count). The molecule has 0 spiro atoms. The van der Waals surface area contributed by atoms with Gasteiger partial charge >= 0.3 is 6.18 Å². The number of hydrogen-bond acceptors (Lipinski definition) is 6. The van der Waals surface area contributed by atoms with Crippen molar-refractivity contribution in [3.63, 3.8) is 0 Å². The summed E-state index contributed by atoms with van der Waals surface area (Å²) < 4.78 is 92.4. The fraction of sp³-hybridized carbons (Fsp3) is 0.120. The molecule has 1 amide bonds. The number of carbonyl (C=O) groups is 1. The fourth-order valence-corrected chi connectivity index (χ4v) is 6.13. The number of aromatic nitrogens is 2. The van der Waals surface area contributed by atoms with E-state index in [0.29, 0.717) is 41.4 Å². The number of primary amides is 1. The van der Waals surface area contributed by atoms with Gasteiger partial charge in [0.15, 0.2) is 5.69 Å². The summed E-state index contributed by atoms with van der Waals surface area (Å²) in [5.41, 5.74) is 7.11. The van der Waals surface area contributed by atoms with Crippen molar-refractivity contribution in [2.24, 2.45) is 10.9 Å². The Balaban J connectivity index is 1.60. The number of carbonyl (C=O) groups excluding carboxylic acids is 1. The van der Waals surface area contributed by atoms with Gasteiger partial charge in [0.2, 0.25) is 10.0 Å². The molecule has 5 N–H and O–H groups in total. The number of amides is 1. The zero-order valence-electron chi connectivity index (χ0n) is 20.3. The highest BCUT2D eigenvalue weighted by molar-refractivity contribution is 7.92. The van der Waals surface area contributed by atoms with Crippen LogP contribution in [0.25, 0.3) is 16.9 Å². The van der Waals surface area contributed by atoms with Crippen LogP contribution in [0.15, 0.2) is 76.5 Å². The number of fused-ring (bicyclic) bond motifs is 3. The van der Waals surface area contributed by atoms with E-state index in [2.05, 4.69) is 9.82 Å². The van der Waals surface area contributed by atoms with E-state index < -0.39 is 42.6 Å². The topological polar surface area (TPSA) is 167 Å². The Morgan fingerprint density at radius 3 is 2.25 bits per heavy atom. The van der Waals surface area contributed by atoms with Crippen LogP contribution in [-0.4, -0.2) is 32.5 Å². The minimum atomic E-state index is -4.73. The van der Waals surface area contributed by atoms with Crippen LogP contribution in [-0.2, 0) is 39.1 Å². The summed E-state index contributed by atoms with van der Waals surface area (Å²) in [4.78, 5) is 11.5. The lowest BCUT2D eigenvalue weighted by atomic mass is 9.88. The van der Waals surface area contributed by atoms with Crippen LogP contribution >= 0.6 is 0 Å². The fourth-order valence-electron chi connectivity index (χ4n) is 4.52. The molecule has 0 fully saturated rings. The quantitative estimate of drug-likeness (QED) is 0.311. The van der Waals surface area contributed by atoms with E-state index in [4.69, 9.17) is 10.9 Å². The number of sulfonamides is 2. The molecule has 10 nitrogen and oxygen atoms in total. The second-order valence-electron chi connectivity index (χ2n) is 8.99. The molecule has 208 valence electrons. The Morgan fingerprint density at radius 2 is 1.62 bits per heavy atom. The summed E-state index contributed by atoms with van der Waals surface area (Å²) >= 11 is 0. The van der Waals surface area contributed by atoms with Crippen LogP contribution in [0, 0.1) is 0 Å². The molecule has 0 unspecified atom stereocenters. The smallest absolute Gasteiger partial charge is 0.364 e. The molecule has 0 aliphatic heterocycles. The summed E-state index contributed by atoms with van der Waals surface area (Å²) in [5, 5.41) is 9.53. The molecule has 40 heavy (non-hydrogen) atoms. The van der Waals surface area contributed by atoms with Crippen molar-refractivity contribution in [2.45, 2.75) is 28.8 Å². The predicted octanol–water partition coefficient (Wildman–Crippen LogP) is 3.20. The van der Waals surface area contributed by atoms with Gasteiger partial charge in [0.1, 0.15) is 0 Å². The Labute approximate surface area is 226 Å². The van der Waals surface area contributed by atoms with Crippen molar-refractivity contribution in [1.29, 1.82) is 0 Å². The summed E-state index contributed by atoms with van der Waals surface area (Å²) in [5.74, 6) is -0.791. The van der Waals surface area contributed by atoms with E-state index in [1.165, 1.54) is 41.1 Å². The zero-order chi connectivity index (χ0) is 29.0. The van der Waals surface area contributed by atoms with Crippen molar-refractivity contribution in [3.05, 3.63) is 89.1 Å². The molecule has 0 saturated heterocycles. The monoisotopic (exact) mass is 591 g/mol. The first-order valence-corrected chi connectivity index (χ1v) is 14.6. The Bertz CT molecular complexity index is 1880. The Morgan fingerprint density at radius 1 is 0.925 bits per heavy atom. The maximum Gasteiger partial charge on any atom is 0.416 e. The lowest BCUT2D eigenvalue weighted by Gasteiger charge is -2.20. The largest absolute Gasteiger partial charge is 0.416 e. The number of hydrogen-bond donors (Lipinski definition) is 3. The molecule has 1 aliphatic rings. The van der Waals surface area contributed by atoms with Gasteiger partial charge in [-0.15, -0.1) is 0 Å². The van der Waals surface area contributed by atoms with Crippen LogP contribution in [0.4, 0.5) is 18.9 Å². The number of nitrogens with one attached hydrogen (secondary N) is 1. The van der Waals surface area contributed by atoms with E-state index >= 15 is 0 Å². The van der Waals surface area contributed by atoms with E-state index in [1.807, 2.05) is 0 Å². The van der Waals surface area contributed by atoms with Gasteiger partial charge in [-0.3, -0.25) is 9.52 Å². The van der Waals surface area contributed by atoms with Gasteiger partial charge in [-0.2, -0.15) is 18.3 Å². The average Bonchev–Trinajstić information content (AvgIpc) is 3.28. The first-order chi connectivity index (χ1) is 18.6. The van der Waals surface area contributed by atoms with E-state index in [1.54, 1.807) is 6.07 Å². The van der Waals surface area contributed by atoms with Crippen LogP contribution in [0.5, 0.6) is 0 Å². The normalized spacial score (nSPS) is 13.4. The second kappa shape index (κ2) is 9.46. The van der Waals surface area contributed by atoms with Crippen LogP contribution < -0.4 is 15.6 Å². The summed E-state index contributed by atoms with van der Waals surface area (Å²) in [7, 11) is -8.37. The number of benzene rings is 3.